The summed E-state index contributed by atoms with van der Waals surface area (Å²) in [4.78, 5) is 4.10. The first kappa shape index (κ1) is 11.2. The van der Waals surface area contributed by atoms with Crippen LogP contribution in [0.1, 0.15) is 24.0 Å². The van der Waals surface area contributed by atoms with Gasteiger partial charge in [0.05, 0.1) is 5.02 Å². The molecule has 1 heterocycles. The van der Waals surface area contributed by atoms with Crippen molar-refractivity contribution in [3.63, 3.8) is 0 Å². The minimum atomic E-state index is 0.487. The predicted octanol–water partition coefficient (Wildman–Crippen LogP) is 4.08. The van der Waals surface area contributed by atoms with Crippen molar-refractivity contribution < 1.29 is 0 Å². The maximum atomic E-state index is 5.91. The molecule has 0 amide bonds. The Kier molecular flexibility index (Phi) is 3.58. The lowest BCUT2D eigenvalue weighted by molar-refractivity contribution is 0.756. The van der Waals surface area contributed by atoms with Gasteiger partial charge in [0.15, 0.2) is 0 Å². The topological polar surface area (TPSA) is 12.9 Å². The molecule has 1 atom stereocenters. The number of pyridine rings is 1. The minimum absolute atomic E-state index is 0.487. The molecule has 1 nitrogen and oxygen atoms in total. The van der Waals surface area contributed by atoms with Crippen LogP contribution in [0.25, 0.3) is 0 Å². The second kappa shape index (κ2) is 5.13. The Morgan fingerprint density at radius 1 is 1.19 bits per heavy atom. The molecule has 0 radical (unpaired) electrons. The van der Waals surface area contributed by atoms with Crippen molar-refractivity contribution in [1.29, 1.82) is 0 Å². The van der Waals surface area contributed by atoms with Gasteiger partial charge in [-0.25, -0.2) is 0 Å². The molecular formula is C14H14ClN. The van der Waals surface area contributed by atoms with E-state index in [1.54, 1.807) is 6.20 Å². The fraction of sp³-hybridized carbons (Fsp3) is 0.214. The van der Waals surface area contributed by atoms with Gasteiger partial charge in [-0.15, -0.1) is 0 Å². The van der Waals surface area contributed by atoms with Gasteiger partial charge < -0.3 is 0 Å². The van der Waals surface area contributed by atoms with Crippen LogP contribution in [0.2, 0.25) is 5.02 Å². The third kappa shape index (κ3) is 2.83. The summed E-state index contributed by atoms with van der Waals surface area (Å²) in [6.07, 6.45) is 4.52. The maximum Gasteiger partial charge on any atom is 0.0592 e. The number of rotatable bonds is 3. The molecule has 0 aliphatic heterocycles. The quantitative estimate of drug-likeness (QED) is 0.776. The smallest absolute Gasteiger partial charge is 0.0592 e. The van der Waals surface area contributed by atoms with Gasteiger partial charge in [-0.3, -0.25) is 4.98 Å². The van der Waals surface area contributed by atoms with E-state index in [2.05, 4.69) is 36.2 Å². The molecule has 2 rings (SSSR count). The Hall–Kier alpha value is -1.34. The number of aromatic nitrogens is 1. The number of halogens is 1. The summed E-state index contributed by atoms with van der Waals surface area (Å²) < 4.78 is 0. The molecule has 82 valence electrons. The number of hydrogen-bond donors (Lipinski definition) is 0. The molecule has 1 aromatic heterocycles. The summed E-state index contributed by atoms with van der Waals surface area (Å²) in [6.45, 7) is 2.22. The zero-order valence-corrected chi connectivity index (χ0v) is 9.98. The molecule has 0 bridgehead atoms. The van der Waals surface area contributed by atoms with Crippen LogP contribution in [0.5, 0.6) is 0 Å². The number of benzene rings is 1. The highest BCUT2D eigenvalue weighted by Crippen LogP contribution is 2.20. The van der Waals surface area contributed by atoms with Gasteiger partial charge in [0.1, 0.15) is 0 Å². The van der Waals surface area contributed by atoms with Crippen LogP contribution in [-0.2, 0) is 6.42 Å². The first-order valence-electron chi connectivity index (χ1n) is 5.40. The molecule has 0 fully saturated rings. The highest BCUT2D eigenvalue weighted by Gasteiger charge is 2.06. The number of nitrogens with zero attached hydrogens (tertiary/aromatic N) is 1. The third-order valence-electron chi connectivity index (χ3n) is 2.67. The van der Waals surface area contributed by atoms with Crippen molar-refractivity contribution in [3.8, 4) is 0 Å². The maximum absolute atomic E-state index is 5.91. The first-order valence-corrected chi connectivity index (χ1v) is 5.78. The summed E-state index contributed by atoms with van der Waals surface area (Å²) >= 11 is 5.91. The Morgan fingerprint density at radius 2 is 1.94 bits per heavy atom. The van der Waals surface area contributed by atoms with E-state index in [4.69, 9.17) is 11.6 Å². The van der Waals surface area contributed by atoms with Crippen molar-refractivity contribution >= 4 is 11.6 Å². The van der Waals surface area contributed by atoms with E-state index < -0.39 is 0 Å². The van der Waals surface area contributed by atoms with Crippen molar-refractivity contribution in [2.45, 2.75) is 19.3 Å². The van der Waals surface area contributed by atoms with Crippen LogP contribution in [0.15, 0.2) is 48.8 Å². The summed E-state index contributed by atoms with van der Waals surface area (Å²) in [6, 6.07) is 12.5. The van der Waals surface area contributed by atoms with Crippen LogP contribution in [0.4, 0.5) is 0 Å². The zero-order valence-electron chi connectivity index (χ0n) is 9.23. The van der Waals surface area contributed by atoms with E-state index in [1.807, 2.05) is 18.3 Å². The molecule has 0 aliphatic rings. The van der Waals surface area contributed by atoms with Gasteiger partial charge in [0.25, 0.3) is 0 Å². The van der Waals surface area contributed by atoms with E-state index in [-0.39, 0.29) is 0 Å². The largest absolute Gasteiger partial charge is 0.263 e. The molecule has 16 heavy (non-hydrogen) atoms. The van der Waals surface area contributed by atoms with Crippen LogP contribution in [0.3, 0.4) is 0 Å². The van der Waals surface area contributed by atoms with Crippen molar-refractivity contribution in [2.24, 2.45) is 0 Å². The predicted molar refractivity (Wildman–Crippen MR) is 67.8 cm³/mol. The van der Waals surface area contributed by atoms with Crippen LogP contribution >= 0.6 is 11.6 Å². The van der Waals surface area contributed by atoms with Gasteiger partial charge in [-0.1, -0.05) is 48.9 Å². The first-order chi connectivity index (χ1) is 7.75. The van der Waals surface area contributed by atoms with Gasteiger partial charge >= 0.3 is 0 Å². The van der Waals surface area contributed by atoms with E-state index in [9.17, 15) is 0 Å². The highest BCUT2D eigenvalue weighted by molar-refractivity contribution is 6.30. The average Bonchev–Trinajstić information content (AvgIpc) is 2.30. The third-order valence-corrected chi connectivity index (χ3v) is 2.88. The highest BCUT2D eigenvalue weighted by atomic mass is 35.5. The summed E-state index contributed by atoms with van der Waals surface area (Å²) in [5.41, 5.74) is 2.53. The normalized spacial score (nSPS) is 12.4. The molecule has 0 saturated heterocycles. The molecule has 0 spiro atoms. The molecular weight excluding hydrogens is 218 g/mol. The van der Waals surface area contributed by atoms with Gasteiger partial charge in [-0.05, 0) is 29.5 Å². The molecule has 0 aliphatic carbocycles. The van der Waals surface area contributed by atoms with Gasteiger partial charge in [0.2, 0.25) is 0 Å². The summed E-state index contributed by atoms with van der Waals surface area (Å²) in [7, 11) is 0. The SMILES string of the molecule is C[C@@H](Cc1cncc(Cl)c1)c1ccccc1. The van der Waals surface area contributed by atoms with Crippen LogP contribution in [-0.4, -0.2) is 4.98 Å². The second-order valence-electron chi connectivity index (χ2n) is 4.03. The van der Waals surface area contributed by atoms with E-state index >= 15 is 0 Å². The molecule has 2 heteroatoms. The Labute approximate surface area is 101 Å². The van der Waals surface area contributed by atoms with Crippen molar-refractivity contribution in [1.82, 2.24) is 4.98 Å². The van der Waals surface area contributed by atoms with Crippen molar-refractivity contribution in [2.75, 3.05) is 0 Å². The monoisotopic (exact) mass is 231 g/mol. The summed E-state index contributed by atoms with van der Waals surface area (Å²) in [5, 5.41) is 0.706. The standard InChI is InChI=1S/C14H14ClN/c1-11(13-5-3-2-4-6-13)7-12-8-14(15)10-16-9-12/h2-6,8-11H,7H2,1H3/t11-/m0/s1. The van der Waals surface area contributed by atoms with Crippen LogP contribution < -0.4 is 0 Å². The zero-order chi connectivity index (χ0) is 11.4. The second-order valence-corrected chi connectivity index (χ2v) is 4.46. The lowest BCUT2D eigenvalue weighted by atomic mass is 9.95. The Balaban J connectivity index is 2.11. The molecule has 1 aromatic carbocycles. The minimum Gasteiger partial charge on any atom is -0.263 e. The van der Waals surface area contributed by atoms with Gasteiger partial charge in [0, 0.05) is 12.4 Å². The lowest BCUT2D eigenvalue weighted by Crippen LogP contribution is -1.98. The van der Waals surface area contributed by atoms with Gasteiger partial charge in [-0.2, -0.15) is 0 Å². The Morgan fingerprint density at radius 3 is 2.62 bits per heavy atom. The average molecular weight is 232 g/mol. The van der Waals surface area contributed by atoms with Crippen molar-refractivity contribution in [3.05, 3.63) is 64.9 Å². The fourth-order valence-electron chi connectivity index (χ4n) is 1.82. The Bertz CT molecular complexity index is 453. The molecule has 0 unspecified atom stereocenters. The molecule has 0 N–H and O–H groups in total. The lowest BCUT2D eigenvalue weighted by Gasteiger charge is -2.11. The molecule has 0 saturated carbocycles. The number of hydrogen-bond acceptors (Lipinski definition) is 1. The summed E-state index contributed by atoms with van der Waals surface area (Å²) in [5.74, 6) is 0.487. The fourth-order valence-corrected chi connectivity index (χ4v) is 2.02. The van der Waals surface area contributed by atoms with E-state index in [0.29, 0.717) is 10.9 Å². The van der Waals surface area contributed by atoms with E-state index in [1.165, 1.54) is 11.1 Å². The van der Waals surface area contributed by atoms with E-state index in [0.717, 1.165) is 6.42 Å². The molecule has 2 aromatic rings. The van der Waals surface area contributed by atoms with Crippen LogP contribution in [0, 0.1) is 0 Å².